The zero-order valence-corrected chi connectivity index (χ0v) is 14.0. The molecule has 0 radical (unpaired) electrons. The highest BCUT2D eigenvalue weighted by Gasteiger charge is 2.27. The van der Waals surface area contributed by atoms with E-state index in [0.29, 0.717) is 5.92 Å². The molecule has 1 fully saturated rings. The second-order valence-electron chi connectivity index (χ2n) is 6.62. The predicted octanol–water partition coefficient (Wildman–Crippen LogP) is 2.97. The lowest BCUT2D eigenvalue weighted by Crippen LogP contribution is -2.44. The van der Waals surface area contributed by atoms with Crippen LogP contribution in [0, 0.1) is 0 Å². The SMILES string of the molecule is CN(C)C(=O)N1CCCC(c2cc[nH]c3cnc4nccc4c23)C1. The van der Waals surface area contributed by atoms with Crippen LogP contribution in [-0.2, 0) is 0 Å². The molecule has 0 bridgehead atoms. The molecule has 124 valence electrons. The summed E-state index contributed by atoms with van der Waals surface area (Å²) in [6.45, 7) is 1.59. The Balaban J connectivity index is 1.78. The van der Waals surface area contributed by atoms with Gasteiger partial charge in [0.15, 0.2) is 5.65 Å². The van der Waals surface area contributed by atoms with Gasteiger partial charge in [-0.05, 0) is 30.5 Å². The molecule has 4 rings (SSSR count). The first-order valence-electron chi connectivity index (χ1n) is 8.32. The van der Waals surface area contributed by atoms with Gasteiger partial charge in [-0.15, -0.1) is 0 Å². The lowest BCUT2D eigenvalue weighted by molar-refractivity contribution is 0.155. The van der Waals surface area contributed by atoms with Crippen molar-refractivity contribution in [2.75, 3.05) is 27.2 Å². The van der Waals surface area contributed by atoms with E-state index in [2.05, 4.69) is 21.0 Å². The number of aromatic amines is 1. The van der Waals surface area contributed by atoms with Gasteiger partial charge in [0.25, 0.3) is 0 Å². The standard InChI is InChI=1S/C18H21N5O/c1-22(2)18(24)23-9-3-4-12(11-23)13-5-7-19-15-10-21-17-14(16(13)15)6-8-20-17/h5-8,10,12,19H,3-4,9,11H2,1-2H3. The number of carbonyl (C=O) groups excluding carboxylic acids is 1. The average molecular weight is 323 g/mol. The van der Waals surface area contributed by atoms with Crippen molar-refractivity contribution in [1.82, 2.24) is 24.8 Å². The van der Waals surface area contributed by atoms with Gasteiger partial charge in [-0.1, -0.05) is 0 Å². The third-order valence-corrected chi connectivity index (χ3v) is 4.84. The number of rotatable bonds is 1. The number of H-pyrrole nitrogens is 1. The van der Waals surface area contributed by atoms with Crippen LogP contribution in [-0.4, -0.2) is 58.0 Å². The quantitative estimate of drug-likeness (QED) is 0.749. The molecule has 6 heteroatoms. The van der Waals surface area contributed by atoms with Crippen LogP contribution in [0.3, 0.4) is 0 Å². The second-order valence-corrected chi connectivity index (χ2v) is 6.62. The molecule has 2 amide bonds. The Hall–Kier alpha value is -2.63. The number of pyridine rings is 2. The number of carbonyl (C=O) groups is 1. The van der Waals surface area contributed by atoms with Crippen molar-refractivity contribution >= 4 is 28.0 Å². The number of hydrogen-bond acceptors (Lipinski definition) is 3. The molecular weight excluding hydrogens is 302 g/mol. The topological polar surface area (TPSA) is 65.1 Å². The third kappa shape index (κ3) is 2.38. The lowest BCUT2D eigenvalue weighted by Gasteiger charge is -2.35. The summed E-state index contributed by atoms with van der Waals surface area (Å²) in [5, 5.41) is 2.26. The summed E-state index contributed by atoms with van der Waals surface area (Å²) in [6, 6.07) is 4.25. The molecule has 0 spiro atoms. The maximum absolute atomic E-state index is 12.3. The molecule has 0 aromatic carbocycles. The fraction of sp³-hybridized carbons (Fsp3) is 0.389. The van der Waals surface area contributed by atoms with Gasteiger partial charge in [-0.25, -0.2) is 14.8 Å². The number of aromatic nitrogens is 3. The van der Waals surface area contributed by atoms with Crippen LogP contribution < -0.4 is 0 Å². The predicted molar refractivity (Wildman–Crippen MR) is 94.0 cm³/mol. The summed E-state index contributed by atoms with van der Waals surface area (Å²) in [5.41, 5.74) is 3.07. The van der Waals surface area contributed by atoms with Crippen molar-refractivity contribution in [1.29, 1.82) is 0 Å². The Kier molecular flexibility index (Phi) is 3.59. The number of nitrogens with zero attached hydrogens (tertiary/aromatic N) is 4. The minimum atomic E-state index is 0.0910. The molecule has 1 unspecified atom stereocenters. The first-order chi connectivity index (χ1) is 11.6. The van der Waals surface area contributed by atoms with Crippen molar-refractivity contribution in [3.05, 3.63) is 36.3 Å². The zero-order chi connectivity index (χ0) is 16.7. The molecule has 3 aromatic heterocycles. The molecule has 0 saturated carbocycles. The Bertz CT molecular complexity index is 901. The Morgan fingerprint density at radius 1 is 1.33 bits per heavy atom. The van der Waals surface area contributed by atoms with Crippen LogP contribution >= 0.6 is 0 Å². The molecular formula is C18H21N5O. The smallest absolute Gasteiger partial charge is 0.319 e. The van der Waals surface area contributed by atoms with Crippen LogP contribution in [0.2, 0.25) is 0 Å². The number of amides is 2. The van der Waals surface area contributed by atoms with Gasteiger partial charge >= 0.3 is 6.03 Å². The van der Waals surface area contributed by atoms with Crippen molar-refractivity contribution in [2.24, 2.45) is 0 Å². The maximum atomic E-state index is 12.3. The summed E-state index contributed by atoms with van der Waals surface area (Å²) >= 11 is 0. The van der Waals surface area contributed by atoms with E-state index in [1.54, 1.807) is 11.1 Å². The number of fused-ring (bicyclic) bond motifs is 3. The fourth-order valence-electron chi connectivity index (χ4n) is 3.71. The number of likely N-dealkylation sites (tertiary alicyclic amines) is 1. The summed E-state index contributed by atoms with van der Waals surface area (Å²) in [6.07, 6.45) is 7.73. The van der Waals surface area contributed by atoms with E-state index in [1.807, 2.05) is 37.5 Å². The molecule has 24 heavy (non-hydrogen) atoms. The van der Waals surface area contributed by atoms with Crippen LogP contribution in [0.1, 0.15) is 24.3 Å². The van der Waals surface area contributed by atoms with Gasteiger partial charge in [-0.2, -0.15) is 0 Å². The normalized spacial score (nSPS) is 18.2. The number of urea groups is 1. The van der Waals surface area contributed by atoms with Gasteiger partial charge < -0.3 is 14.8 Å². The van der Waals surface area contributed by atoms with Crippen molar-refractivity contribution in [3.63, 3.8) is 0 Å². The maximum Gasteiger partial charge on any atom is 0.319 e. The van der Waals surface area contributed by atoms with Crippen molar-refractivity contribution in [3.8, 4) is 0 Å². The van der Waals surface area contributed by atoms with E-state index < -0.39 is 0 Å². The van der Waals surface area contributed by atoms with Crippen LogP contribution in [0.15, 0.2) is 30.7 Å². The molecule has 1 N–H and O–H groups in total. The average Bonchev–Trinajstić information content (AvgIpc) is 3.09. The molecule has 1 atom stereocenters. The highest BCUT2D eigenvalue weighted by Crippen LogP contribution is 2.34. The zero-order valence-electron chi connectivity index (χ0n) is 14.0. The van der Waals surface area contributed by atoms with E-state index in [-0.39, 0.29) is 6.03 Å². The van der Waals surface area contributed by atoms with Crippen molar-refractivity contribution < 1.29 is 4.79 Å². The molecule has 1 aliphatic heterocycles. The molecule has 1 aliphatic rings. The van der Waals surface area contributed by atoms with Gasteiger partial charge in [0.1, 0.15) is 0 Å². The number of hydrogen-bond donors (Lipinski definition) is 1. The third-order valence-electron chi connectivity index (χ3n) is 4.84. The van der Waals surface area contributed by atoms with E-state index >= 15 is 0 Å². The van der Waals surface area contributed by atoms with Crippen LogP contribution in [0.25, 0.3) is 21.9 Å². The van der Waals surface area contributed by atoms with Gasteiger partial charge in [0.2, 0.25) is 0 Å². The van der Waals surface area contributed by atoms with Gasteiger partial charge in [0, 0.05) is 56.3 Å². The second kappa shape index (κ2) is 5.78. The minimum Gasteiger partial charge on any atom is -0.360 e. The molecule has 1 saturated heterocycles. The summed E-state index contributed by atoms with van der Waals surface area (Å²) in [7, 11) is 3.62. The summed E-state index contributed by atoms with van der Waals surface area (Å²) in [5.74, 6) is 0.334. The van der Waals surface area contributed by atoms with Crippen molar-refractivity contribution in [2.45, 2.75) is 18.8 Å². The van der Waals surface area contributed by atoms with Crippen LogP contribution in [0.4, 0.5) is 4.79 Å². The molecule has 6 nitrogen and oxygen atoms in total. The van der Waals surface area contributed by atoms with E-state index in [0.717, 1.165) is 42.5 Å². The molecule has 0 aliphatic carbocycles. The minimum absolute atomic E-state index is 0.0910. The Morgan fingerprint density at radius 2 is 2.21 bits per heavy atom. The first kappa shape index (κ1) is 14.9. The Labute approximate surface area is 140 Å². The number of nitrogens with one attached hydrogen (secondary N) is 1. The Morgan fingerprint density at radius 3 is 3.04 bits per heavy atom. The first-order valence-corrected chi connectivity index (χ1v) is 8.32. The largest absolute Gasteiger partial charge is 0.360 e. The van der Waals surface area contributed by atoms with E-state index in [9.17, 15) is 4.79 Å². The van der Waals surface area contributed by atoms with Gasteiger partial charge in [-0.3, -0.25) is 0 Å². The lowest BCUT2D eigenvalue weighted by atomic mass is 9.88. The highest BCUT2D eigenvalue weighted by molar-refractivity contribution is 6.05. The fourth-order valence-corrected chi connectivity index (χ4v) is 3.71. The summed E-state index contributed by atoms with van der Waals surface area (Å²) < 4.78 is 0. The number of piperidine rings is 1. The highest BCUT2D eigenvalue weighted by atomic mass is 16.2. The molecule has 4 heterocycles. The van der Waals surface area contributed by atoms with Crippen LogP contribution in [0.5, 0.6) is 0 Å². The monoisotopic (exact) mass is 323 g/mol. The van der Waals surface area contributed by atoms with E-state index in [4.69, 9.17) is 0 Å². The van der Waals surface area contributed by atoms with E-state index in [1.165, 1.54) is 10.9 Å². The van der Waals surface area contributed by atoms with Gasteiger partial charge in [0.05, 0.1) is 11.7 Å². The molecule has 3 aromatic rings. The summed E-state index contributed by atoms with van der Waals surface area (Å²) in [4.78, 5) is 28.0.